The van der Waals surface area contributed by atoms with Gasteiger partial charge in [-0.15, -0.1) is 6.42 Å². The molecule has 0 aliphatic rings. The van der Waals surface area contributed by atoms with Crippen LogP contribution in [0.1, 0.15) is 24.1 Å². The standard InChI is InChI=1S/C14H16FNO2/c1-4-8-16-13(14(17)18-5-2)12-9-11(15)7-6-10(12)3/h1,6-7,9,13,16H,5,8H2,2-3H3. The van der Waals surface area contributed by atoms with Crippen molar-refractivity contribution in [3.63, 3.8) is 0 Å². The van der Waals surface area contributed by atoms with Gasteiger partial charge in [-0.25, -0.2) is 9.18 Å². The molecule has 0 fully saturated rings. The number of nitrogens with one attached hydrogen (secondary N) is 1. The number of esters is 1. The lowest BCUT2D eigenvalue weighted by Crippen LogP contribution is -2.31. The molecule has 4 heteroatoms. The highest BCUT2D eigenvalue weighted by Gasteiger charge is 2.23. The minimum atomic E-state index is -0.739. The molecule has 0 saturated carbocycles. The number of terminal acetylenes is 1. The van der Waals surface area contributed by atoms with Crippen LogP contribution in [-0.4, -0.2) is 19.1 Å². The summed E-state index contributed by atoms with van der Waals surface area (Å²) in [6, 6.07) is 3.55. The van der Waals surface area contributed by atoms with Crippen molar-refractivity contribution in [1.29, 1.82) is 0 Å². The van der Waals surface area contributed by atoms with Crippen molar-refractivity contribution in [2.24, 2.45) is 0 Å². The molecule has 96 valence electrons. The Kier molecular flexibility index (Phi) is 5.34. The van der Waals surface area contributed by atoms with Crippen LogP contribution in [0.4, 0.5) is 4.39 Å². The Hall–Kier alpha value is -1.86. The van der Waals surface area contributed by atoms with Gasteiger partial charge in [0.15, 0.2) is 0 Å². The first-order valence-electron chi connectivity index (χ1n) is 5.69. The minimum Gasteiger partial charge on any atom is -0.465 e. The third-order valence-electron chi connectivity index (χ3n) is 2.48. The number of rotatable bonds is 5. The van der Waals surface area contributed by atoms with Crippen LogP contribution in [0, 0.1) is 25.1 Å². The maximum Gasteiger partial charge on any atom is 0.327 e. The number of halogens is 1. The van der Waals surface area contributed by atoms with E-state index in [1.54, 1.807) is 19.9 Å². The Labute approximate surface area is 106 Å². The van der Waals surface area contributed by atoms with E-state index in [0.717, 1.165) is 5.56 Å². The monoisotopic (exact) mass is 249 g/mol. The molecule has 3 nitrogen and oxygen atoms in total. The smallest absolute Gasteiger partial charge is 0.327 e. The van der Waals surface area contributed by atoms with Gasteiger partial charge in [-0.2, -0.15) is 0 Å². The van der Waals surface area contributed by atoms with Crippen LogP contribution in [0.5, 0.6) is 0 Å². The van der Waals surface area contributed by atoms with Crippen molar-refractivity contribution in [1.82, 2.24) is 5.32 Å². The lowest BCUT2D eigenvalue weighted by molar-refractivity contribution is -0.145. The van der Waals surface area contributed by atoms with Crippen LogP contribution < -0.4 is 5.32 Å². The van der Waals surface area contributed by atoms with Crippen LogP contribution in [0.25, 0.3) is 0 Å². The van der Waals surface area contributed by atoms with E-state index in [1.165, 1.54) is 12.1 Å². The molecule has 1 aromatic carbocycles. The summed E-state index contributed by atoms with van der Waals surface area (Å²) in [4.78, 5) is 11.8. The maximum atomic E-state index is 13.3. The van der Waals surface area contributed by atoms with Crippen LogP contribution in [0.15, 0.2) is 18.2 Å². The molecule has 1 atom stereocenters. The fraction of sp³-hybridized carbons (Fsp3) is 0.357. The first kappa shape index (κ1) is 14.2. The van der Waals surface area contributed by atoms with Gasteiger partial charge < -0.3 is 4.74 Å². The number of hydrogen-bond donors (Lipinski definition) is 1. The fourth-order valence-electron chi connectivity index (χ4n) is 1.63. The van der Waals surface area contributed by atoms with Crippen LogP contribution >= 0.6 is 0 Å². The predicted molar refractivity (Wildman–Crippen MR) is 67.3 cm³/mol. The van der Waals surface area contributed by atoms with E-state index in [2.05, 4.69) is 11.2 Å². The number of carbonyl (C=O) groups excluding carboxylic acids is 1. The van der Waals surface area contributed by atoms with Gasteiger partial charge in [-0.1, -0.05) is 12.0 Å². The predicted octanol–water partition coefficient (Wildman–Crippen LogP) is 1.96. The van der Waals surface area contributed by atoms with E-state index >= 15 is 0 Å². The topological polar surface area (TPSA) is 38.3 Å². The molecule has 0 heterocycles. The molecule has 0 radical (unpaired) electrons. The van der Waals surface area contributed by atoms with Gasteiger partial charge in [0.05, 0.1) is 13.2 Å². The molecule has 0 amide bonds. The lowest BCUT2D eigenvalue weighted by Gasteiger charge is -2.18. The average molecular weight is 249 g/mol. The normalized spacial score (nSPS) is 11.7. The lowest BCUT2D eigenvalue weighted by atomic mass is 10.0. The number of hydrogen-bond acceptors (Lipinski definition) is 3. The molecule has 0 aliphatic heterocycles. The molecule has 18 heavy (non-hydrogen) atoms. The van der Waals surface area contributed by atoms with E-state index in [-0.39, 0.29) is 13.2 Å². The van der Waals surface area contributed by atoms with Gasteiger partial charge in [0.2, 0.25) is 0 Å². The Morgan fingerprint density at radius 3 is 2.94 bits per heavy atom. The van der Waals surface area contributed by atoms with Crippen LogP contribution in [0.3, 0.4) is 0 Å². The molecule has 1 rings (SSSR count). The third-order valence-corrected chi connectivity index (χ3v) is 2.48. The fourth-order valence-corrected chi connectivity index (χ4v) is 1.63. The van der Waals surface area contributed by atoms with Crippen molar-refractivity contribution in [2.45, 2.75) is 19.9 Å². The maximum absolute atomic E-state index is 13.3. The van der Waals surface area contributed by atoms with Gasteiger partial charge in [0.1, 0.15) is 11.9 Å². The summed E-state index contributed by atoms with van der Waals surface area (Å²) >= 11 is 0. The zero-order chi connectivity index (χ0) is 13.5. The van der Waals surface area contributed by atoms with Gasteiger partial charge in [0, 0.05) is 0 Å². The molecule has 1 N–H and O–H groups in total. The summed E-state index contributed by atoms with van der Waals surface area (Å²) in [5, 5.41) is 2.86. The van der Waals surface area contributed by atoms with E-state index in [4.69, 9.17) is 11.2 Å². The van der Waals surface area contributed by atoms with E-state index in [0.29, 0.717) is 5.56 Å². The highest BCUT2D eigenvalue weighted by Crippen LogP contribution is 2.20. The Morgan fingerprint density at radius 1 is 1.61 bits per heavy atom. The van der Waals surface area contributed by atoms with Gasteiger partial charge in [-0.05, 0) is 37.1 Å². The van der Waals surface area contributed by atoms with Gasteiger partial charge >= 0.3 is 5.97 Å². The second kappa shape index (κ2) is 6.77. The van der Waals surface area contributed by atoms with Crippen molar-refractivity contribution in [2.75, 3.05) is 13.2 Å². The van der Waals surface area contributed by atoms with Crippen molar-refractivity contribution < 1.29 is 13.9 Å². The Balaban J connectivity index is 3.04. The second-order valence-corrected chi connectivity index (χ2v) is 3.77. The van der Waals surface area contributed by atoms with Crippen molar-refractivity contribution in [3.8, 4) is 12.3 Å². The van der Waals surface area contributed by atoms with Crippen molar-refractivity contribution >= 4 is 5.97 Å². The summed E-state index contributed by atoms with van der Waals surface area (Å²) in [6.07, 6.45) is 5.16. The highest BCUT2D eigenvalue weighted by molar-refractivity contribution is 5.78. The van der Waals surface area contributed by atoms with Crippen molar-refractivity contribution in [3.05, 3.63) is 35.1 Å². The van der Waals surface area contributed by atoms with E-state index in [1.807, 2.05) is 0 Å². The zero-order valence-corrected chi connectivity index (χ0v) is 10.5. The Morgan fingerprint density at radius 2 is 2.33 bits per heavy atom. The van der Waals surface area contributed by atoms with E-state index < -0.39 is 17.8 Å². The SMILES string of the molecule is C#CCNC(C(=O)OCC)c1cc(F)ccc1C. The second-order valence-electron chi connectivity index (χ2n) is 3.77. The molecule has 0 bridgehead atoms. The Bertz CT molecular complexity index is 465. The minimum absolute atomic E-state index is 0.208. The van der Waals surface area contributed by atoms with Crippen LogP contribution in [0.2, 0.25) is 0 Å². The third kappa shape index (κ3) is 3.57. The van der Waals surface area contributed by atoms with E-state index in [9.17, 15) is 9.18 Å². The molecule has 0 aromatic heterocycles. The summed E-state index contributed by atoms with van der Waals surface area (Å²) in [5.41, 5.74) is 1.35. The largest absolute Gasteiger partial charge is 0.465 e. The van der Waals surface area contributed by atoms with Crippen LogP contribution in [-0.2, 0) is 9.53 Å². The molecule has 0 spiro atoms. The molecular formula is C14H16FNO2. The molecule has 0 aliphatic carbocycles. The summed E-state index contributed by atoms with van der Waals surface area (Å²) in [7, 11) is 0. The molecular weight excluding hydrogens is 233 g/mol. The molecule has 1 unspecified atom stereocenters. The summed E-state index contributed by atoms with van der Waals surface area (Å²) in [6.45, 7) is 3.99. The molecule has 0 saturated heterocycles. The first-order chi connectivity index (χ1) is 8.60. The number of ether oxygens (including phenoxy) is 1. The average Bonchev–Trinajstić information content (AvgIpc) is 2.34. The quantitative estimate of drug-likeness (QED) is 0.640. The first-order valence-corrected chi connectivity index (χ1v) is 5.69. The number of carbonyl (C=O) groups is 1. The highest BCUT2D eigenvalue weighted by atomic mass is 19.1. The summed E-state index contributed by atoms with van der Waals surface area (Å²) in [5.74, 6) is 1.53. The zero-order valence-electron chi connectivity index (χ0n) is 10.5. The summed E-state index contributed by atoms with van der Waals surface area (Å²) < 4.78 is 18.2. The van der Waals surface area contributed by atoms with Gasteiger partial charge in [-0.3, -0.25) is 5.32 Å². The van der Waals surface area contributed by atoms with Gasteiger partial charge in [0.25, 0.3) is 0 Å². The molecule has 1 aromatic rings. The number of benzene rings is 1. The number of aryl methyl sites for hydroxylation is 1.